The molecule has 90 heavy (non-hydrogen) atoms. The van der Waals surface area contributed by atoms with Crippen LogP contribution in [-0.2, 0) is 65.4 Å². The van der Waals surface area contributed by atoms with Crippen molar-refractivity contribution in [2.75, 3.05) is 39.6 Å². The summed E-state index contributed by atoms with van der Waals surface area (Å²) in [5.41, 5.74) is 0. The highest BCUT2D eigenvalue weighted by molar-refractivity contribution is 7.47. The Morgan fingerprint density at radius 3 is 0.756 bits per heavy atom. The van der Waals surface area contributed by atoms with Crippen molar-refractivity contribution in [2.45, 2.75) is 387 Å². The molecule has 0 radical (unpaired) electrons. The number of aliphatic hydroxyl groups is 1. The third kappa shape index (κ3) is 64.8. The molecule has 0 saturated heterocycles. The Bertz CT molecular complexity index is 1740. The van der Waals surface area contributed by atoms with Crippen molar-refractivity contribution >= 4 is 39.5 Å². The summed E-state index contributed by atoms with van der Waals surface area (Å²) in [6.45, 7) is 7.16. The quantitative estimate of drug-likeness (QED) is 0.0222. The third-order valence-corrected chi connectivity index (χ3v) is 18.4. The van der Waals surface area contributed by atoms with E-state index in [2.05, 4.69) is 34.6 Å². The summed E-state index contributed by atoms with van der Waals surface area (Å²) in [4.78, 5) is 72.3. The number of carbonyl (C=O) groups excluding carboxylic acids is 4. The van der Waals surface area contributed by atoms with Crippen LogP contribution in [-0.4, -0.2) is 96.7 Å². The van der Waals surface area contributed by atoms with Crippen LogP contribution in [0, 0.1) is 5.92 Å². The van der Waals surface area contributed by atoms with Gasteiger partial charge in [0, 0.05) is 25.7 Å². The second-order valence-electron chi connectivity index (χ2n) is 26.1. The summed E-state index contributed by atoms with van der Waals surface area (Å²) in [7, 11) is -9.89. The van der Waals surface area contributed by atoms with Crippen LogP contribution in [0.4, 0.5) is 0 Å². The van der Waals surface area contributed by atoms with Gasteiger partial charge in [-0.15, -0.1) is 0 Å². The summed E-state index contributed by atoms with van der Waals surface area (Å²) in [5.74, 6) is -1.38. The van der Waals surface area contributed by atoms with Gasteiger partial charge in [-0.1, -0.05) is 317 Å². The van der Waals surface area contributed by atoms with E-state index < -0.39 is 97.5 Å². The number of phosphoric ester groups is 2. The normalized spacial score (nSPS) is 14.1. The molecule has 0 aliphatic carbocycles. The number of phosphoric acid groups is 2. The van der Waals surface area contributed by atoms with Crippen LogP contribution in [0.15, 0.2) is 0 Å². The molecule has 0 aliphatic rings. The van der Waals surface area contributed by atoms with Crippen molar-refractivity contribution in [3.63, 3.8) is 0 Å². The maximum atomic E-state index is 13.0. The zero-order chi connectivity index (χ0) is 66.3. The van der Waals surface area contributed by atoms with Gasteiger partial charge in [0.25, 0.3) is 0 Å². The lowest BCUT2D eigenvalue weighted by atomic mass is 10.0. The Labute approximate surface area is 549 Å². The number of unbranched alkanes of at least 4 members (excludes halogenated alkanes) is 43. The Hall–Kier alpha value is -1.94. The summed E-state index contributed by atoms with van der Waals surface area (Å²) in [5, 5.41) is 10.6. The van der Waals surface area contributed by atoms with Crippen molar-refractivity contribution in [3.8, 4) is 0 Å². The first-order valence-corrected chi connectivity index (χ1v) is 40.1. The summed E-state index contributed by atoms with van der Waals surface area (Å²) >= 11 is 0. The van der Waals surface area contributed by atoms with Crippen LogP contribution in [0.1, 0.15) is 369 Å². The van der Waals surface area contributed by atoms with E-state index in [9.17, 15) is 43.2 Å². The first kappa shape index (κ1) is 88.1. The predicted molar refractivity (Wildman–Crippen MR) is 363 cm³/mol. The number of carbonyl (C=O) groups is 4. The topological polar surface area (TPSA) is 237 Å². The molecule has 0 fully saturated rings. The number of esters is 4. The molecule has 534 valence electrons. The van der Waals surface area contributed by atoms with Crippen LogP contribution >= 0.6 is 15.6 Å². The van der Waals surface area contributed by atoms with E-state index in [-0.39, 0.29) is 25.7 Å². The number of ether oxygens (including phenoxy) is 4. The van der Waals surface area contributed by atoms with Gasteiger partial charge < -0.3 is 33.8 Å². The standard InChI is InChI=1S/C71H138O17P2/c1-6-9-12-15-17-19-21-23-25-27-29-31-36-40-45-50-55-69(74)82-61-67(88-71(76)56-51-46-41-37-32-30-28-26-24-22-20-18-16-13-10-7-2)63-86-90(79,80)84-59-65(72)58-83-89(77,78)85-62-66(60-81-68(73)54-49-43-14-11-8-3)87-70(75)57-52-47-42-38-34-33-35-39-44-48-53-64(4)5/h64-67,72H,6-63H2,1-5H3,(H,77,78)(H,79,80)/t65-,66+,67+/m0/s1. The predicted octanol–water partition coefficient (Wildman–Crippen LogP) is 20.5. The fourth-order valence-corrected chi connectivity index (χ4v) is 12.4. The molecule has 0 bridgehead atoms. The first-order valence-electron chi connectivity index (χ1n) is 37.1. The maximum absolute atomic E-state index is 13.0. The highest BCUT2D eigenvalue weighted by atomic mass is 31.2. The summed E-state index contributed by atoms with van der Waals surface area (Å²) in [6.07, 6.45) is 51.7. The molecule has 17 nitrogen and oxygen atoms in total. The molecule has 0 aromatic carbocycles. The zero-order valence-electron chi connectivity index (χ0n) is 58.3. The zero-order valence-corrected chi connectivity index (χ0v) is 60.1. The molecule has 0 aromatic rings. The molecule has 0 aromatic heterocycles. The van der Waals surface area contributed by atoms with Gasteiger partial charge in [0.05, 0.1) is 26.4 Å². The Kier molecular flexibility index (Phi) is 63.0. The SMILES string of the molecule is CCCCCCCCCCCCCCCCCCC(=O)OC[C@H](COP(=O)(O)OC[C@@H](O)COP(=O)(O)OC[C@@H](COC(=O)CCCCCCC)OC(=O)CCCCCCCCCCCCC(C)C)OC(=O)CCCCCCCCCCCCCCCCCC. The van der Waals surface area contributed by atoms with E-state index in [0.29, 0.717) is 25.7 Å². The number of hydrogen-bond donors (Lipinski definition) is 3. The van der Waals surface area contributed by atoms with Crippen LogP contribution in [0.25, 0.3) is 0 Å². The molecule has 19 heteroatoms. The highest BCUT2D eigenvalue weighted by Gasteiger charge is 2.30. The van der Waals surface area contributed by atoms with E-state index in [4.69, 9.17) is 37.0 Å². The van der Waals surface area contributed by atoms with E-state index in [1.807, 2.05) is 0 Å². The monoisotopic (exact) mass is 1320 g/mol. The fraction of sp³-hybridized carbons (Fsp3) is 0.944. The van der Waals surface area contributed by atoms with Crippen LogP contribution in [0.2, 0.25) is 0 Å². The number of hydrogen-bond acceptors (Lipinski definition) is 15. The third-order valence-electron chi connectivity index (χ3n) is 16.5. The van der Waals surface area contributed by atoms with E-state index >= 15 is 0 Å². The minimum atomic E-state index is -4.95. The van der Waals surface area contributed by atoms with Crippen molar-refractivity contribution < 1.29 is 80.2 Å². The molecule has 0 rings (SSSR count). The van der Waals surface area contributed by atoms with E-state index in [0.717, 1.165) is 102 Å². The van der Waals surface area contributed by atoms with Gasteiger partial charge in [-0.05, 0) is 31.6 Å². The van der Waals surface area contributed by atoms with Crippen molar-refractivity contribution in [1.29, 1.82) is 0 Å². The second-order valence-corrected chi connectivity index (χ2v) is 29.0. The van der Waals surface area contributed by atoms with E-state index in [1.165, 1.54) is 186 Å². The van der Waals surface area contributed by atoms with Gasteiger partial charge in [-0.25, -0.2) is 9.13 Å². The molecule has 0 heterocycles. The van der Waals surface area contributed by atoms with Crippen molar-refractivity contribution in [1.82, 2.24) is 0 Å². The molecular weight excluding hydrogens is 1190 g/mol. The lowest BCUT2D eigenvalue weighted by Crippen LogP contribution is -2.30. The number of rotatable bonds is 71. The summed E-state index contributed by atoms with van der Waals surface area (Å²) < 4.78 is 68.1. The first-order chi connectivity index (χ1) is 43.5. The van der Waals surface area contributed by atoms with Gasteiger partial charge in [-0.3, -0.25) is 37.3 Å². The van der Waals surface area contributed by atoms with Gasteiger partial charge in [0.1, 0.15) is 19.3 Å². The molecule has 0 amide bonds. The number of aliphatic hydroxyl groups excluding tert-OH is 1. The van der Waals surface area contributed by atoms with Crippen LogP contribution < -0.4 is 0 Å². The Morgan fingerprint density at radius 1 is 0.300 bits per heavy atom. The molecule has 5 atom stereocenters. The van der Waals surface area contributed by atoms with Crippen molar-refractivity contribution in [3.05, 3.63) is 0 Å². The average Bonchev–Trinajstić information content (AvgIpc) is 3.72. The lowest BCUT2D eigenvalue weighted by Gasteiger charge is -2.21. The minimum absolute atomic E-state index is 0.105. The van der Waals surface area contributed by atoms with Gasteiger partial charge in [0.15, 0.2) is 12.2 Å². The molecule has 0 spiro atoms. The van der Waals surface area contributed by atoms with E-state index in [1.54, 1.807) is 0 Å². The van der Waals surface area contributed by atoms with Crippen LogP contribution in [0.5, 0.6) is 0 Å². The Balaban J connectivity index is 5.15. The minimum Gasteiger partial charge on any atom is -0.462 e. The van der Waals surface area contributed by atoms with Gasteiger partial charge in [-0.2, -0.15) is 0 Å². The summed E-state index contributed by atoms with van der Waals surface area (Å²) in [6, 6.07) is 0. The maximum Gasteiger partial charge on any atom is 0.472 e. The lowest BCUT2D eigenvalue weighted by molar-refractivity contribution is -0.161. The van der Waals surface area contributed by atoms with Crippen LogP contribution in [0.3, 0.4) is 0 Å². The molecular formula is C71H138O17P2. The van der Waals surface area contributed by atoms with Crippen molar-refractivity contribution in [2.24, 2.45) is 5.92 Å². The smallest absolute Gasteiger partial charge is 0.462 e. The second kappa shape index (κ2) is 64.4. The molecule has 2 unspecified atom stereocenters. The average molecular weight is 1330 g/mol. The van der Waals surface area contributed by atoms with Gasteiger partial charge >= 0.3 is 39.5 Å². The largest absolute Gasteiger partial charge is 0.472 e. The molecule has 3 N–H and O–H groups in total. The highest BCUT2D eigenvalue weighted by Crippen LogP contribution is 2.45. The molecule has 0 aliphatic heterocycles. The Morgan fingerprint density at radius 2 is 0.511 bits per heavy atom. The van der Waals surface area contributed by atoms with Gasteiger partial charge in [0.2, 0.25) is 0 Å². The fourth-order valence-electron chi connectivity index (χ4n) is 10.8. The molecule has 0 saturated carbocycles.